The number of aromatic nitrogens is 2. The van der Waals surface area contributed by atoms with Crippen LogP contribution in [0.25, 0.3) is 0 Å². The van der Waals surface area contributed by atoms with Gasteiger partial charge in [0.2, 0.25) is 0 Å². The molecule has 2 heterocycles. The summed E-state index contributed by atoms with van der Waals surface area (Å²) in [4.78, 5) is 23.6. The Labute approximate surface area is 141 Å². The topological polar surface area (TPSA) is 137 Å². The molecule has 1 aliphatic heterocycles. The number of hydrogen-bond acceptors (Lipinski definition) is 7. The Bertz CT molecular complexity index is 641. The van der Waals surface area contributed by atoms with Gasteiger partial charge in [-0.2, -0.15) is 0 Å². The van der Waals surface area contributed by atoms with Crippen LogP contribution in [0.1, 0.15) is 11.7 Å². The fourth-order valence-electron chi connectivity index (χ4n) is 2.16. The molecule has 2 rings (SSSR count). The molecule has 0 bridgehead atoms. The van der Waals surface area contributed by atoms with Crippen LogP contribution in [0.2, 0.25) is 0 Å². The molecular weight excluding hydrogens is 295 g/mol. The Kier molecular flexibility index (Phi) is 5.78. The smallest absolute Gasteiger partial charge is 0.860 e. The van der Waals surface area contributed by atoms with E-state index in [9.17, 15) is 30.0 Å². The first-order valence-corrected chi connectivity index (χ1v) is 5.90. The molecule has 10 heteroatoms. The van der Waals surface area contributed by atoms with Crippen LogP contribution in [0.5, 0.6) is 5.88 Å². The van der Waals surface area contributed by atoms with Crippen molar-refractivity contribution in [2.24, 2.45) is 14.1 Å². The van der Waals surface area contributed by atoms with E-state index in [1.807, 2.05) is 0 Å². The van der Waals surface area contributed by atoms with Gasteiger partial charge in [0.25, 0.3) is 5.56 Å². The number of hydrogen-bond donors (Lipinski definition) is 3. The average molecular weight is 310 g/mol. The Morgan fingerprint density at radius 3 is 2.29 bits per heavy atom. The zero-order chi connectivity index (χ0) is 15.2. The van der Waals surface area contributed by atoms with E-state index >= 15 is 0 Å². The van der Waals surface area contributed by atoms with Gasteiger partial charge in [-0.05, 0) is 5.88 Å². The van der Waals surface area contributed by atoms with Gasteiger partial charge in [0, 0.05) is 14.1 Å². The van der Waals surface area contributed by atoms with Crippen LogP contribution < -0.4 is 45.9 Å². The summed E-state index contributed by atoms with van der Waals surface area (Å²) in [7, 11) is 2.38. The van der Waals surface area contributed by atoms with Crippen LogP contribution in [0.15, 0.2) is 9.59 Å². The van der Waals surface area contributed by atoms with E-state index in [0.29, 0.717) is 9.13 Å². The SMILES string of the molecule is Cn1c([O-])c([C@@H]2OC[C@@H](O)[C@H](O)[C@H]2O)c(=O)n(C)c1=O.[Na+]. The average Bonchev–Trinajstić information content (AvgIpc) is 2.43. The summed E-state index contributed by atoms with van der Waals surface area (Å²) in [5, 5.41) is 40.8. The molecule has 1 aromatic rings. The predicted octanol–water partition coefficient (Wildman–Crippen LogP) is -6.68. The second-order valence-electron chi connectivity index (χ2n) is 4.73. The first kappa shape index (κ1) is 18.4. The number of nitrogens with zero attached hydrogens (tertiary/aromatic N) is 2. The zero-order valence-electron chi connectivity index (χ0n) is 11.9. The van der Waals surface area contributed by atoms with Gasteiger partial charge in [-0.1, -0.05) is 0 Å². The van der Waals surface area contributed by atoms with Crippen LogP contribution in [0.3, 0.4) is 0 Å². The van der Waals surface area contributed by atoms with E-state index in [0.717, 1.165) is 0 Å². The summed E-state index contributed by atoms with van der Waals surface area (Å²) in [5.41, 5.74) is -2.14. The molecule has 0 radical (unpaired) electrons. The second-order valence-corrected chi connectivity index (χ2v) is 4.73. The molecule has 0 unspecified atom stereocenters. The molecule has 1 fully saturated rings. The standard InChI is InChI=1S/C11H16N2O7.Na/c1-12-9(17)5(10(18)13(2)11(12)19)8-7(16)6(15)4(14)3-20-8;/h4,6-8,14-17H,3H2,1-2H3;/q;+1/p-1/t4-,6+,7-,8+;/m1./s1. The molecular formula is C11H15N2NaO7. The van der Waals surface area contributed by atoms with Crippen molar-refractivity contribution in [3.63, 3.8) is 0 Å². The van der Waals surface area contributed by atoms with Crippen molar-refractivity contribution in [3.05, 3.63) is 26.4 Å². The molecule has 1 aliphatic rings. The fraction of sp³-hybridized carbons (Fsp3) is 0.636. The van der Waals surface area contributed by atoms with Crippen molar-refractivity contribution in [1.82, 2.24) is 9.13 Å². The largest absolute Gasteiger partial charge is 1.00 e. The zero-order valence-corrected chi connectivity index (χ0v) is 13.9. The van der Waals surface area contributed by atoms with E-state index in [1.165, 1.54) is 14.1 Å². The van der Waals surface area contributed by atoms with E-state index in [2.05, 4.69) is 0 Å². The van der Waals surface area contributed by atoms with Crippen molar-refractivity contribution in [3.8, 4) is 5.88 Å². The number of rotatable bonds is 1. The van der Waals surface area contributed by atoms with Crippen molar-refractivity contribution in [2.45, 2.75) is 24.4 Å². The Hall–Kier alpha value is -0.680. The Morgan fingerprint density at radius 2 is 1.71 bits per heavy atom. The van der Waals surface area contributed by atoms with Crippen molar-refractivity contribution in [2.75, 3.05) is 6.61 Å². The summed E-state index contributed by atoms with van der Waals surface area (Å²) < 4.78 is 6.51. The van der Waals surface area contributed by atoms with Gasteiger partial charge in [0.1, 0.15) is 24.4 Å². The summed E-state index contributed by atoms with van der Waals surface area (Å²) in [6.45, 7) is -0.339. The minimum Gasteiger partial charge on any atom is -0.860 e. The third kappa shape index (κ3) is 2.95. The molecule has 21 heavy (non-hydrogen) atoms. The van der Waals surface area contributed by atoms with Crippen LogP contribution in [0, 0.1) is 0 Å². The molecule has 0 aliphatic carbocycles. The molecule has 4 atom stereocenters. The number of aliphatic hydroxyl groups excluding tert-OH is 3. The minimum absolute atomic E-state index is 0. The summed E-state index contributed by atoms with van der Waals surface area (Å²) in [6.07, 6.45) is -5.90. The van der Waals surface area contributed by atoms with Gasteiger partial charge in [-0.3, -0.25) is 9.36 Å². The summed E-state index contributed by atoms with van der Waals surface area (Å²) in [5.74, 6) is -0.897. The normalized spacial score (nSPS) is 29.0. The van der Waals surface area contributed by atoms with Crippen LogP contribution in [-0.2, 0) is 18.8 Å². The van der Waals surface area contributed by atoms with E-state index < -0.39 is 47.1 Å². The first-order valence-electron chi connectivity index (χ1n) is 5.90. The van der Waals surface area contributed by atoms with Crippen LogP contribution in [0.4, 0.5) is 0 Å². The molecule has 1 aromatic heterocycles. The maximum atomic E-state index is 12.0. The monoisotopic (exact) mass is 310 g/mol. The molecule has 112 valence electrons. The molecule has 0 saturated carbocycles. The van der Waals surface area contributed by atoms with Crippen LogP contribution >= 0.6 is 0 Å². The van der Waals surface area contributed by atoms with E-state index in [1.54, 1.807) is 0 Å². The molecule has 0 spiro atoms. The van der Waals surface area contributed by atoms with Gasteiger partial charge >= 0.3 is 35.2 Å². The van der Waals surface area contributed by atoms with Crippen molar-refractivity contribution < 1.29 is 54.7 Å². The van der Waals surface area contributed by atoms with Gasteiger partial charge < -0.3 is 29.7 Å². The second kappa shape index (κ2) is 6.61. The van der Waals surface area contributed by atoms with Gasteiger partial charge in [-0.25, -0.2) is 4.79 Å². The van der Waals surface area contributed by atoms with Crippen molar-refractivity contribution in [1.29, 1.82) is 0 Å². The van der Waals surface area contributed by atoms with Gasteiger partial charge in [0.15, 0.2) is 0 Å². The maximum absolute atomic E-state index is 12.0. The quantitative estimate of drug-likeness (QED) is 0.438. The minimum atomic E-state index is -1.64. The molecule has 9 nitrogen and oxygen atoms in total. The molecule has 3 N–H and O–H groups in total. The summed E-state index contributed by atoms with van der Waals surface area (Å²) in [6, 6.07) is 0. The summed E-state index contributed by atoms with van der Waals surface area (Å²) >= 11 is 0. The fourth-order valence-corrected chi connectivity index (χ4v) is 2.16. The molecule has 1 saturated heterocycles. The Balaban J connectivity index is 0.00000220. The predicted molar refractivity (Wildman–Crippen MR) is 63.1 cm³/mol. The van der Waals surface area contributed by atoms with E-state index in [4.69, 9.17) is 4.74 Å². The molecule has 0 amide bonds. The van der Waals surface area contributed by atoms with Crippen molar-refractivity contribution >= 4 is 0 Å². The first-order chi connectivity index (χ1) is 9.27. The Morgan fingerprint density at radius 1 is 1.14 bits per heavy atom. The van der Waals surface area contributed by atoms with Gasteiger partial charge in [-0.15, -0.1) is 0 Å². The number of aliphatic hydroxyl groups is 3. The van der Waals surface area contributed by atoms with E-state index in [-0.39, 0.29) is 36.2 Å². The third-order valence-electron chi connectivity index (χ3n) is 3.43. The molecule has 0 aromatic carbocycles. The third-order valence-corrected chi connectivity index (χ3v) is 3.43. The van der Waals surface area contributed by atoms with Gasteiger partial charge in [0.05, 0.1) is 12.2 Å². The number of ether oxygens (including phenoxy) is 1. The maximum Gasteiger partial charge on any atom is 1.00 e. The van der Waals surface area contributed by atoms with Crippen LogP contribution in [-0.4, -0.2) is 49.4 Å².